The van der Waals surface area contributed by atoms with Crippen LogP contribution in [0.3, 0.4) is 0 Å². The summed E-state index contributed by atoms with van der Waals surface area (Å²) in [5, 5.41) is 4.75. The Morgan fingerprint density at radius 2 is 2.00 bits per heavy atom. The number of hydrogen-bond acceptors (Lipinski definition) is 5. The van der Waals surface area contributed by atoms with E-state index in [1.165, 1.54) is 35.6 Å². The predicted octanol–water partition coefficient (Wildman–Crippen LogP) is 3.80. The summed E-state index contributed by atoms with van der Waals surface area (Å²) < 4.78 is 24.6. The second-order valence-electron chi connectivity index (χ2n) is 5.06. The van der Waals surface area contributed by atoms with Crippen LogP contribution in [0.25, 0.3) is 11.3 Å². The van der Waals surface area contributed by atoms with Crippen molar-refractivity contribution in [3.63, 3.8) is 0 Å². The molecule has 3 aromatic rings. The Labute approximate surface area is 154 Å². The van der Waals surface area contributed by atoms with Gasteiger partial charge in [0.2, 0.25) is 0 Å². The molecule has 0 atom stereocenters. The summed E-state index contributed by atoms with van der Waals surface area (Å²) in [7, 11) is 0. The molecule has 0 aliphatic heterocycles. The minimum atomic E-state index is -2.51. The SMILES string of the molecule is NC(=O)c1cc(-c2csc(NC(=O)c3ccc(SC(F)F)cc3)n2)c[nH]1. The highest BCUT2D eigenvalue weighted by Gasteiger charge is 2.13. The van der Waals surface area contributed by atoms with E-state index >= 15 is 0 Å². The second kappa shape index (κ2) is 7.67. The molecule has 0 saturated carbocycles. The Balaban J connectivity index is 1.68. The molecule has 0 aliphatic carbocycles. The standard InChI is InChI=1S/C16H12F2N4O2S2/c17-15(18)26-10-3-1-8(2-4-10)14(24)22-16-21-12(7-25-16)9-5-11(13(19)23)20-6-9/h1-7,15,20H,(H2,19,23)(H,21,22,24). The van der Waals surface area contributed by atoms with E-state index < -0.39 is 17.6 Å². The molecule has 0 radical (unpaired) electrons. The van der Waals surface area contributed by atoms with Crippen LogP contribution < -0.4 is 11.1 Å². The van der Waals surface area contributed by atoms with E-state index in [9.17, 15) is 18.4 Å². The maximum Gasteiger partial charge on any atom is 0.288 e. The molecule has 0 fully saturated rings. The van der Waals surface area contributed by atoms with E-state index in [2.05, 4.69) is 15.3 Å². The molecule has 2 aromatic heterocycles. The molecule has 6 nitrogen and oxygen atoms in total. The average Bonchev–Trinajstić information content (AvgIpc) is 3.23. The largest absolute Gasteiger partial charge is 0.364 e. The Morgan fingerprint density at radius 3 is 2.62 bits per heavy atom. The number of alkyl halides is 2. The Bertz CT molecular complexity index is 938. The lowest BCUT2D eigenvalue weighted by atomic mass is 10.2. The molecule has 2 heterocycles. The van der Waals surface area contributed by atoms with E-state index in [1.807, 2.05) is 0 Å². The molecule has 26 heavy (non-hydrogen) atoms. The minimum absolute atomic E-state index is 0.264. The molecule has 3 rings (SSSR count). The zero-order valence-electron chi connectivity index (χ0n) is 13.0. The monoisotopic (exact) mass is 394 g/mol. The number of anilines is 1. The van der Waals surface area contributed by atoms with Crippen LogP contribution in [0.4, 0.5) is 13.9 Å². The average molecular weight is 394 g/mol. The Kier molecular flexibility index (Phi) is 5.33. The van der Waals surface area contributed by atoms with Crippen LogP contribution >= 0.6 is 23.1 Å². The van der Waals surface area contributed by atoms with Gasteiger partial charge in [-0.3, -0.25) is 14.9 Å². The number of hydrogen-bond donors (Lipinski definition) is 3. The maximum absolute atomic E-state index is 12.3. The van der Waals surface area contributed by atoms with Gasteiger partial charge in [-0.1, -0.05) is 11.8 Å². The van der Waals surface area contributed by atoms with Crippen LogP contribution in [0.2, 0.25) is 0 Å². The van der Waals surface area contributed by atoms with E-state index in [-0.39, 0.29) is 5.69 Å². The smallest absolute Gasteiger partial charge is 0.288 e. The van der Waals surface area contributed by atoms with Gasteiger partial charge in [-0.05, 0) is 30.3 Å². The number of benzene rings is 1. The summed E-state index contributed by atoms with van der Waals surface area (Å²) in [6.45, 7) is 0. The van der Waals surface area contributed by atoms with Gasteiger partial charge in [-0.2, -0.15) is 8.78 Å². The molecule has 0 bridgehead atoms. The maximum atomic E-state index is 12.3. The summed E-state index contributed by atoms with van der Waals surface area (Å²) in [5.74, 6) is -3.48. The first-order valence-corrected chi connectivity index (χ1v) is 8.98. The molecule has 2 amide bonds. The van der Waals surface area contributed by atoms with Crippen LogP contribution in [0.15, 0.2) is 46.8 Å². The van der Waals surface area contributed by atoms with Crippen molar-refractivity contribution in [2.75, 3.05) is 5.32 Å². The molecule has 1 aromatic carbocycles. The van der Waals surface area contributed by atoms with Gasteiger partial charge in [-0.15, -0.1) is 11.3 Å². The van der Waals surface area contributed by atoms with E-state index in [0.717, 1.165) is 0 Å². The lowest BCUT2D eigenvalue weighted by Crippen LogP contribution is -2.11. The van der Waals surface area contributed by atoms with Gasteiger partial charge in [0, 0.05) is 27.6 Å². The molecule has 4 N–H and O–H groups in total. The highest BCUT2D eigenvalue weighted by atomic mass is 32.2. The summed E-state index contributed by atoms with van der Waals surface area (Å²) >= 11 is 1.64. The number of amides is 2. The first-order chi connectivity index (χ1) is 12.4. The first kappa shape index (κ1) is 18.1. The van der Waals surface area contributed by atoms with Gasteiger partial charge in [0.15, 0.2) is 5.13 Å². The summed E-state index contributed by atoms with van der Waals surface area (Å²) in [4.78, 5) is 30.7. The zero-order valence-corrected chi connectivity index (χ0v) is 14.7. The topological polar surface area (TPSA) is 101 Å². The number of carbonyl (C=O) groups excluding carboxylic acids is 2. The van der Waals surface area contributed by atoms with E-state index in [4.69, 9.17) is 5.73 Å². The van der Waals surface area contributed by atoms with Gasteiger partial charge >= 0.3 is 0 Å². The molecular weight excluding hydrogens is 382 g/mol. The Hall–Kier alpha value is -2.72. The van der Waals surface area contributed by atoms with Crippen molar-refractivity contribution in [1.29, 1.82) is 0 Å². The first-order valence-electron chi connectivity index (χ1n) is 7.22. The number of rotatable bonds is 6. The fourth-order valence-corrected chi connectivity index (χ4v) is 3.32. The number of carbonyl (C=O) groups is 2. The number of aromatic amines is 1. The normalized spacial score (nSPS) is 10.9. The van der Waals surface area contributed by atoms with Crippen LogP contribution in [0, 0.1) is 0 Å². The van der Waals surface area contributed by atoms with Crippen LogP contribution in [-0.2, 0) is 0 Å². The van der Waals surface area contributed by atoms with Crippen molar-refractivity contribution in [3.8, 4) is 11.3 Å². The number of aromatic nitrogens is 2. The predicted molar refractivity (Wildman–Crippen MR) is 96.7 cm³/mol. The molecular formula is C16H12F2N4O2S2. The molecule has 0 unspecified atom stereocenters. The summed E-state index contributed by atoms with van der Waals surface area (Å²) in [6, 6.07) is 7.44. The van der Waals surface area contributed by atoms with Gasteiger partial charge in [-0.25, -0.2) is 4.98 Å². The summed E-state index contributed by atoms with van der Waals surface area (Å²) in [6.07, 6.45) is 1.60. The number of halogens is 2. The quantitative estimate of drug-likeness (QED) is 0.554. The fraction of sp³-hybridized carbons (Fsp3) is 0.0625. The number of primary amides is 1. The third-order valence-electron chi connectivity index (χ3n) is 3.31. The van der Waals surface area contributed by atoms with Gasteiger partial charge in [0.25, 0.3) is 17.6 Å². The van der Waals surface area contributed by atoms with Gasteiger partial charge < -0.3 is 10.7 Å². The van der Waals surface area contributed by atoms with Crippen molar-refractivity contribution in [2.45, 2.75) is 10.7 Å². The molecule has 10 heteroatoms. The fourth-order valence-electron chi connectivity index (χ4n) is 2.11. The number of nitrogens with zero attached hydrogens (tertiary/aromatic N) is 1. The zero-order chi connectivity index (χ0) is 18.7. The van der Waals surface area contributed by atoms with Crippen LogP contribution in [0.1, 0.15) is 20.8 Å². The number of thiazole rings is 1. The van der Waals surface area contributed by atoms with E-state index in [0.29, 0.717) is 38.6 Å². The molecule has 0 spiro atoms. The van der Waals surface area contributed by atoms with Crippen LogP contribution in [-0.4, -0.2) is 27.5 Å². The lowest BCUT2D eigenvalue weighted by molar-refractivity contribution is 0.0994. The molecule has 0 aliphatic rings. The van der Waals surface area contributed by atoms with Crippen LogP contribution in [0.5, 0.6) is 0 Å². The highest BCUT2D eigenvalue weighted by molar-refractivity contribution is 7.99. The third-order valence-corrected chi connectivity index (χ3v) is 4.79. The summed E-state index contributed by atoms with van der Waals surface area (Å²) in [5.41, 5.74) is 7.04. The number of H-pyrrole nitrogens is 1. The number of nitrogens with two attached hydrogens (primary N) is 1. The van der Waals surface area contributed by atoms with E-state index in [1.54, 1.807) is 17.6 Å². The number of thioether (sulfide) groups is 1. The molecule has 0 saturated heterocycles. The number of nitrogens with one attached hydrogen (secondary N) is 2. The third kappa shape index (κ3) is 4.27. The van der Waals surface area contributed by atoms with Crippen molar-refractivity contribution >= 4 is 40.0 Å². The second-order valence-corrected chi connectivity index (χ2v) is 6.98. The molecule has 134 valence electrons. The van der Waals surface area contributed by atoms with Gasteiger partial charge in [0.1, 0.15) is 5.69 Å². The van der Waals surface area contributed by atoms with Crippen molar-refractivity contribution in [2.24, 2.45) is 5.73 Å². The van der Waals surface area contributed by atoms with Gasteiger partial charge in [0.05, 0.1) is 5.69 Å². The lowest BCUT2D eigenvalue weighted by Gasteiger charge is -2.03. The van der Waals surface area contributed by atoms with Crippen molar-refractivity contribution < 1.29 is 18.4 Å². The minimum Gasteiger partial charge on any atom is -0.364 e. The Morgan fingerprint density at radius 1 is 1.27 bits per heavy atom. The van der Waals surface area contributed by atoms with Crippen molar-refractivity contribution in [1.82, 2.24) is 9.97 Å². The van der Waals surface area contributed by atoms with Crippen molar-refractivity contribution in [3.05, 3.63) is 53.2 Å². The highest BCUT2D eigenvalue weighted by Crippen LogP contribution is 2.27.